The number of hydrogen-bond acceptors (Lipinski definition) is 7. The van der Waals surface area contributed by atoms with Crippen LogP contribution in [0.5, 0.6) is 5.75 Å². The lowest BCUT2D eigenvalue weighted by atomic mass is 9.70. The Balaban J connectivity index is 1.47. The number of amides is 3. The highest BCUT2D eigenvalue weighted by molar-refractivity contribution is 7.92. The van der Waals surface area contributed by atoms with E-state index in [1.54, 1.807) is 44.1 Å². The van der Waals surface area contributed by atoms with Crippen molar-refractivity contribution in [2.45, 2.75) is 75.6 Å². The van der Waals surface area contributed by atoms with Crippen molar-refractivity contribution >= 4 is 39.1 Å². The Morgan fingerprint density at radius 1 is 1.09 bits per heavy atom. The Kier molecular flexibility index (Phi) is 10.2. The number of carbonyl (C=O) groups is 2. The third-order valence-electron chi connectivity index (χ3n) is 9.85. The maximum Gasteiger partial charge on any atom is 0.330 e. The van der Waals surface area contributed by atoms with E-state index in [1.165, 1.54) is 5.56 Å². The number of aryl methyl sites for hydroxylation is 1. The summed E-state index contributed by atoms with van der Waals surface area (Å²) in [5, 5.41) is 0.703. The van der Waals surface area contributed by atoms with Crippen LogP contribution in [-0.4, -0.2) is 72.6 Å². The minimum Gasteiger partial charge on any atom is -0.487 e. The fraction of sp³-hybridized carbons (Fsp3) is 0.543. The second-order valence-corrected chi connectivity index (χ2v) is 15.7. The summed E-state index contributed by atoms with van der Waals surface area (Å²) in [6.07, 6.45) is 9.52. The van der Waals surface area contributed by atoms with Gasteiger partial charge in [-0.05, 0) is 106 Å². The van der Waals surface area contributed by atoms with E-state index in [2.05, 4.69) is 14.0 Å². The Morgan fingerprint density at radius 2 is 1.91 bits per heavy atom. The summed E-state index contributed by atoms with van der Waals surface area (Å²) in [6, 6.07) is 10.6. The highest BCUT2D eigenvalue weighted by Crippen LogP contribution is 2.42. The maximum atomic E-state index is 14.8. The average molecular weight is 685 g/mol. The minimum atomic E-state index is -3.76. The second-order valence-electron chi connectivity index (χ2n) is 13.4. The Morgan fingerprint density at radius 3 is 2.64 bits per heavy atom. The van der Waals surface area contributed by atoms with Crippen LogP contribution in [0, 0.1) is 11.8 Å². The monoisotopic (exact) mass is 684 g/mol. The van der Waals surface area contributed by atoms with Crippen LogP contribution in [0.2, 0.25) is 5.02 Å². The fourth-order valence-corrected chi connectivity index (χ4v) is 8.40. The number of nitrogens with zero attached hydrogens (tertiary/aromatic N) is 3. The van der Waals surface area contributed by atoms with Crippen LogP contribution in [-0.2, 0) is 37.2 Å². The maximum absolute atomic E-state index is 14.8. The van der Waals surface area contributed by atoms with Gasteiger partial charge in [0, 0.05) is 38.3 Å². The molecular weight excluding hydrogens is 640 g/mol. The first-order valence-corrected chi connectivity index (χ1v) is 18.5. The van der Waals surface area contributed by atoms with Gasteiger partial charge in [-0.25, -0.2) is 13.7 Å². The van der Waals surface area contributed by atoms with Crippen molar-refractivity contribution in [2.24, 2.45) is 16.2 Å². The number of rotatable bonds is 2. The first kappa shape index (κ1) is 33.8. The molecule has 10 nitrogen and oxygen atoms in total. The normalized spacial score (nSPS) is 28.5. The van der Waals surface area contributed by atoms with E-state index in [9.17, 15) is 13.8 Å². The van der Waals surface area contributed by atoms with Crippen LogP contribution >= 0.6 is 11.6 Å². The van der Waals surface area contributed by atoms with Crippen LogP contribution in [0.4, 0.5) is 10.5 Å². The number of likely N-dealkylation sites (tertiary alicyclic amines) is 1. The first-order chi connectivity index (χ1) is 22.6. The standard InChI is InChI=1S/C35H45ClN4O6S/c1-35(2)33(41)37-47(43,38-34(42)39-17-7-18-39)28-13-15-32-30(21-28)40(22-25-11-14-29(25)31(44-3)9-6-19-46-35)16-5-4-8-24-20-27(36)12-10-26(24)23-45-32/h6,9-10,12-13,15,20-21,25,29,31H,4-5,7-8,11,14,16-19,22-23H2,1-3H3,(H,37,38,41,42,43)/b9-6+/t25-,29+,31-,47?/m0/s1. The van der Waals surface area contributed by atoms with Gasteiger partial charge in [0.05, 0.1) is 23.3 Å². The molecule has 2 bridgehead atoms. The quantitative estimate of drug-likeness (QED) is 0.378. The largest absolute Gasteiger partial charge is 0.487 e. The number of ether oxygens (including phenoxy) is 3. The average Bonchev–Trinajstić information content (AvgIpc) is 3.02. The summed E-state index contributed by atoms with van der Waals surface area (Å²) >= 11 is 6.36. The van der Waals surface area contributed by atoms with Gasteiger partial charge in [-0.3, -0.25) is 4.79 Å². The van der Waals surface area contributed by atoms with Crippen molar-refractivity contribution in [3.63, 3.8) is 0 Å². The third kappa shape index (κ3) is 7.48. The van der Waals surface area contributed by atoms with Crippen LogP contribution in [0.1, 0.15) is 57.1 Å². The lowest BCUT2D eigenvalue weighted by molar-refractivity contribution is -0.137. The molecule has 3 aliphatic heterocycles. The predicted molar refractivity (Wildman–Crippen MR) is 182 cm³/mol. The molecule has 4 atom stereocenters. The number of fused-ring (bicyclic) bond motifs is 3. The van der Waals surface area contributed by atoms with Gasteiger partial charge in [-0.1, -0.05) is 29.8 Å². The molecule has 1 aliphatic carbocycles. The Labute approximate surface area is 283 Å². The second kappa shape index (κ2) is 14.2. The van der Waals surface area contributed by atoms with Crippen LogP contribution in [0.3, 0.4) is 0 Å². The zero-order valence-electron chi connectivity index (χ0n) is 27.4. The molecule has 6 rings (SSSR count). The van der Waals surface area contributed by atoms with Crippen LogP contribution in [0.15, 0.2) is 57.8 Å². The number of hydrogen-bond donors (Lipinski definition) is 1. The van der Waals surface area contributed by atoms with Gasteiger partial charge in [0.2, 0.25) is 0 Å². The molecule has 3 heterocycles. The molecule has 0 radical (unpaired) electrons. The molecule has 1 saturated carbocycles. The zero-order valence-corrected chi connectivity index (χ0v) is 29.0. The lowest BCUT2D eigenvalue weighted by Gasteiger charge is -2.43. The SMILES string of the molecule is CO[C@H]1/C=C/COC(C)(C)C(=O)N=S(=O)(NC(=O)N2CCC2)c2ccc3c(c2)N(CCCCc2cc(Cl)ccc2CO3)C[C@@H]2CC[C@H]21. The molecule has 3 amide bonds. The molecule has 12 heteroatoms. The smallest absolute Gasteiger partial charge is 0.330 e. The number of urea groups is 1. The van der Waals surface area contributed by atoms with Gasteiger partial charge >= 0.3 is 6.03 Å². The molecule has 4 aliphatic rings. The van der Waals surface area contributed by atoms with Gasteiger partial charge in [-0.15, -0.1) is 4.36 Å². The molecule has 254 valence electrons. The van der Waals surface area contributed by atoms with Crippen LogP contribution in [0.25, 0.3) is 0 Å². The third-order valence-corrected chi connectivity index (χ3v) is 11.9. The van der Waals surface area contributed by atoms with E-state index >= 15 is 0 Å². The molecule has 2 aromatic carbocycles. The zero-order chi connectivity index (χ0) is 33.2. The number of carbonyl (C=O) groups excluding carboxylic acids is 2. The van der Waals surface area contributed by atoms with Crippen LogP contribution < -0.4 is 14.4 Å². The lowest BCUT2D eigenvalue weighted by Crippen LogP contribution is -2.49. The first-order valence-electron chi connectivity index (χ1n) is 16.6. The molecule has 1 saturated heterocycles. The predicted octanol–water partition coefficient (Wildman–Crippen LogP) is 6.15. The summed E-state index contributed by atoms with van der Waals surface area (Å²) in [5.41, 5.74) is 1.60. The van der Waals surface area contributed by atoms with E-state index < -0.39 is 27.5 Å². The Hall–Kier alpha value is -3.12. The van der Waals surface area contributed by atoms with Gasteiger partial charge < -0.3 is 24.0 Å². The Bertz CT molecular complexity index is 1650. The summed E-state index contributed by atoms with van der Waals surface area (Å²) in [5.74, 6) is 0.567. The van der Waals surface area contributed by atoms with Crippen molar-refractivity contribution in [1.29, 1.82) is 0 Å². The topological polar surface area (TPSA) is 110 Å². The van der Waals surface area contributed by atoms with Crippen molar-refractivity contribution < 1.29 is 28.0 Å². The number of nitrogens with one attached hydrogen (secondary N) is 1. The molecule has 1 N–H and O–H groups in total. The molecular formula is C35H45ClN4O6S. The van der Waals surface area contributed by atoms with E-state index in [0.717, 1.165) is 62.9 Å². The molecule has 2 fully saturated rings. The molecule has 2 aromatic rings. The van der Waals surface area contributed by atoms with Crippen molar-refractivity contribution in [3.05, 3.63) is 64.7 Å². The summed E-state index contributed by atoms with van der Waals surface area (Å²) in [6.45, 7) is 6.29. The van der Waals surface area contributed by atoms with E-state index in [0.29, 0.717) is 42.3 Å². The summed E-state index contributed by atoms with van der Waals surface area (Å²) in [4.78, 5) is 30.9. The van der Waals surface area contributed by atoms with E-state index in [-0.39, 0.29) is 17.6 Å². The molecule has 1 unspecified atom stereocenters. The molecule has 47 heavy (non-hydrogen) atoms. The van der Waals surface area contributed by atoms with Gasteiger partial charge in [-0.2, -0.15) is 0 Å². The van der Waals surface area contributed by atoms with E-state index in [4.69, 9.17) is 25.8 Å². The molecule has 0 spiro atoms. The minimum absolute atomic E-state index is 0.0885. The van der Waals surface area contributed by atoms with Gasteiger partial charge in [0.25, 0.3) is 5.91 Å². The van der Waals surface area contributed by atoms with Crippen molar-refractivity contribution in [1.82, 2.24) is 9.62 Å². The van der Waals surface area contributed by atoms with Gasteiger partial charge in [0.15, 0.2) is 9.92 Å². The van der Waals surface area contributed by atoms with Crippen molar-refractivity contribution in [2.75, 3.05) is 44.8 Å². The summed E-state index contributed by atoms with van der Waals surface area (Å²) in [7, 11) is -2.03. The number of halogens is 1. The van der Waals surface area contributed by atoms with Crippen molar-refractivity contribution in [3.8, 4) is 5.75 Å². The highest BCUT2D eigenvalue weighted by Gasteiger charge is 2.38. The van der Waals surface area contributed by atoms with E-state index in [1.807, 2.05) is 30.4 Å². The number of benzene rings is 2. The number of anilines is 1. The van der Waals surface area contributed by atoms with Gasteiger partial charge in [0.1, 0.15) is 18.0 Å². The fourth-order valence-electron chi connectivity index (χ4n) is 6.59. The highest BCUT2D eigenvalue weighted by atomic mass is 35.5. The summed E-state index contributed by atoms with van der Waals surface area (Å²) < 4.78 is 40.1. The number of methoxy groups -OCH3 is 1. The molecule has 0 aromatic heterocycles.